The number of nitrogens with zero attached hydrogens (tertiary/aromatic N) is 10. The number of carboxylic acids is 3. The molecule has 8 rings (SSSR count). The van der Waals surface area contributed by atoms with Gasteiger partial charge in [0.05, 0.1) is 46.1 Å². The fourth-order valence-corrected chi connectivity index (χ4v) is 6.66. The van der Waals surface area contributed by atoms with Gasteiger partial charge in [0.15, 0.2) is 11.8 Å². The molecule has 6 aromatic carbocycles. The summed E-state index contributed by atoms with van der Waals surface area (Å²) < 4.78 is 0. The van der Waals surface area contributed by atoms with E-state index in [0.29, 0.717) is 17.1 Å². The summed E-state index contributed by atoms with van der Waals surface area (Å²) in [5.41, 5.74) is 5.97. The van der Waals surface area contributed by atoms with Crippen molar-refractivity contribution in [3.05, 3.63) is 156 Å². The van der Waals surface area contributed by atoms with Crippen LogP contribution in [-0.4, -0.2) is 70.2 Å². The van der Waals surface area contributed by atoms with E-state index in [1.807, 2.05) is 0 Å². The second-order valence-electron chi connectivity index (χ2n) is 15.0. The number of hydrogen-bond acceptors (Lipinski definition) is 19. The van der Waals surface area contributed by atoms with Crippen molar-refractivity contribution in [3.63, 3.8) is 0 Å². The van der Waals surface area contributed by atoms with Gasteiger partial charge in [-0.15, -0.1) is 0 Å². The van der Waals surface area contributed by atoms with Gasteiger partial charge in [0.2, 0.25) is 6.04 Å². The van der Waals surface area contributed by atoms with Crippen LogP contribution in [0.1, 0.15) is 31.1 Å². The first kappa shape index (κ1) is 57.3. The minimum absolute atomic E-state index is 0. The average Bonchev–Trinajstić information content (AvgIpc) is 3.88. The molecular weight excluding hydrogens is 992 g/mol. The molecule has 24 nitrogen and oxygen atoms in total. The van der Waals surface area contributed by atoms with Crippen LogP contribution < -0.4 is 130 Å². The van der Waals surface area contributed by atoms with E-state index in [-0.39, 0.29) is 134 Å². The second kappa shape index (κ2) is 25.3. The summed E-state index contributed by atoms with van der Waals surface area (Å²) in [6, 6.07) is 29.3. The van der Waals surface area contributed by atoms with Gasteiger partial charge in [-0.05, 0) is 121 Å². The number of nitrogens with two attached hydrogens (primary N) is 1. The quantitative estimate of drug-likeness (QED) is 0.0428. The maximum Gasteiger partial charge on any atom is 1.00 e. The largest absolute Gasteiger partial charge is 1.00 e. The van der Waals surface area contributed by atoms with Gasteiger partial charge in [-0.3, -0.25) is 19.2 Å². The number of aromatic carboxylic acids is 1. The van der Waals surface area contributed by atoms with Crippen molar-refractivity contribution in [1.82, 2.24) is 0 Å². The number of nitrogen functional groups attached to an aromatic ring is 1. The molecule has 0 radical (unpaired) electrons. The van der Waals surface area contributed by atoms with Crippen LogP contribution in [0.25, 0.3) is 0 Å². The Bertz CT molecular complexity index is 3360. The Morgan fingerprint density at radius 1 is 0.541 bits per heavy atom. The van der Waals surface area contributed by atoms with Gasteiger partial charge in [0, 0.05) is 28.2 Å². The molecule has 2 aliphatic rings. The molecule has 0 aromatic heterocycles. The Balaban J connectivity index is 0.00000338. The maximum absolute atomic E-state index is 13.6. The Morgan fingerprint density at radius 3 is 1.69 bits per heavy atom. The summed E-state index contributed by atoms with van der Waals surface area (Å²) in [7, 11) is 0. The third kappa shape index (κ3) is 13.5. The first-order valence-electron chi connectivity index (χ1n) is 20.6. The summed E-state index contributed by atoms with van der Waals surface area (Å²) in [6.07, 6.45) is 0. The summed E-state index contributed by atoms with van der Waals surface area (Å²) >= 11 is 0. The molecule has 0 saturated carbocycles. The first-order valence-corrected chi connectivity index (χ1v) is 20.6. The van der Waals surface area contributed by atoms with Crippen molar-refractivity contribution in [2.24, 2.45) is 40.9 Å². The molecule has 27 heteroatoms. The van der Waals surface area contributed by atoms with Gasteiger partial charge in [-0.25, -0.2) is 4.79 Å². The van der Waals surface area contributed by atoms with Gasteiger partial charge in [-0.2, -0.15) is 50.9 Å². The predicted molar refractivity (Wildman–Crippen MR) is 246 cm³/mol. The minimum Gasteiger partial charge on any atom is -0.872 e. The SMILES string of the molecule is Nc1cccc(C(=O)Nc2cccc(N3N=C(C(=O)[O-])C(N=Nc4cccc(N5N=C(C(=O)O)C(N=Nc6ccc(C(=O)Nc7ccc(N=Nc8ccc([O-])c(C(=O)[O-])c8)cc7)cc6)C5=O)c4)C3=O)c2)c1.[Na+].[Na+].[Na+]. The zero-order valence-corrected chi connectivity index (χ0v) is 45.0. The van der Waals surface area contributed by atoms with Gasteiger partial charge in [0.1, 0.15) is 5.71 Å². The van der Waals surface area contributed by atoms with Crippen LogP contribution >= 0.6 is 0 Å². The van der Waals surface area contributed by atoms with Gasteiger partial charge < -0.3 is 46.4 Å². The third-order valence-electron chi connectivity index (χ3n) is 10.1. The van der Waals surface area contributed by atoms with Crippen LogP contribution in [0.2, 0.25) is 0 Å². The van der Waals surface area contributed by atoms with E-state index in [9.17, 15) is 54.0 Å². The smallest absolute Gasteiger partial charge is 0.872 e. The van der Waals surface area contributed by atoms with Crippen LogP contribution in [0, 0.1) is 0 Å². The van der Waals surface area contributed by atoms with Crippen molar-refractivity contribution in [2.75, 3.05) is 26.4 Å². The molecule has 0 fully saturated rings. The van der Waals surface area contributed by atoms with Gasteiger partial charge in [0.25, 0.3) is 23.6 Å². The van der Waals surface area contributed by atoms with E-state index in [0.717, 1.165) is 22.2 Å². The Labute approximate surface area is 483 Å². The number of hydrogen-bond donors (Lipinski definition) is 4. The molecule has 2 aliphatic heterocycles. The number of nitrogens with one attached hydrogen (secondary N) is 2. The van der Waals surface area contributed by atoms with Crippen molar-refractivity contribution in [2.45, 2.75) is 12.1 Å². The second-order valence-corrected chi connectivity index (χ2v) is 15.0. The number of amides is 4. The predicted octanol–water partition coefficient (Wildman–Crippen LogP) is -4.82. The van der Waals surface area contributed by atoms with Crippen LogP contribution in [0.5, 0.6) is 5.75 Å². The van der Waals surface area contributed by atoms with Crippen LogP contribution in [-0.2, 0) is 19.2 Å². The van der Waals surface area contributed by atoms with Crippen LogP contribution in [0.15, 0.2) is 180 Å². The summed E-state index contributed by atoms with van der Waals surface area (Å²) in [6.45, 7) is 0. The molecule has 6 aromatic rings. The number of anilines is 5. The average molecular weight is 1020 g/mol. The Morgan fingerprint density at radius 2 is 1.05 bits per heavy atom. The number of rotatable bonds is 15. The van der Waals surface area contributed by atoms with Crippen LogP contribution in [0.3, 0.4) is 0 Å². The van der Waals surface area contributed by atoms with Crippen molar-refractivity contribution < 1.29 is 143 Å². The number of hydrazone groups is 2. The molecule has 0 aliphatic carbocycles. The number of carboxylic acid groups (broad SMARTS) is 3. The number of carbonyl (C=O) groups excluding carboxylic acids is 6. The zero-order valence-electron chi connectivity index (χ0n) is 39.0. The van der Waals surface area contributed by atoms with E-state index in [4.69, 9.17) is 5.73 Å². The Hall–Kier alpha value is -7.65. The molecule has 0 spiro atoms. The molecule has 0 bridgehead atoms. The topological polar surface area (TPSA) is 364 Å². The number of aliphatic carboxylic acids is 2. The normalized spacial score (nSPS) is 15.0. The summed E-state index contributed by atoms with van der Waals surface area (Å²) in [5, 5.41) is 83.3. The van der Waals surface area contributed by atoms with E-state index in [1.165, 1.54) is 97.1 Å². The number of benzene rings is 6. The molecule has 74 heavy (non-hydrogen) atoms. The molecule has 2 atom stereocenters. The summed E-state index contributed by atoms with van der Waals surface area (Å²) in [4.78, 5) is 88.3. The maximum atomic E-state index is 13.6. The molecule has 5 N–H and O–H groups in total. The minimum atomic E-state index is -1.81. The van der Waals surface area contributed by atoms with E-state index in [2.05, 4.69) is 51.5 Å². The molecule has 2 unspecified atom stereocenters. The monoisotopic (exact) mass is 1020 g/mol. The van der Waals surface area contributed by atoms with Crippen LogP contribution in [0.4, 0.5) is 51.2 Å². The molecule has 4 amide bonds. The molecular formula is C47H30N13Na3O11. The fourth-order valence-electron chi connectivity index (χ4n) is 6.66. The molecule has 2 heterocycles. The summed E-state index contributed by atoms with van der Waals surface area (Å²) in [5.74, 6) is -8.58. The van der Waals surface area contributed by atoms with E-state index in [1.54, 1.807) is 30.3 Å². The molecule has 352 valence electrons. The zero-order chi connectivity index (χ0) is 50.3. The Kier molecular flexibility index (Phi) is 19.6. The number of azo groups is 3. The van der Waals surface area contributed by atoms with E-state index < -0.39 is 76.4 Å². The van der Waals surface area contributed by atoms with Gasteiger partial charge >= 0.3 is 94.6 Å². The van der Waals surface area contributed by atoms with Crippen molar-refractivity contribution in [1.29, 1.82) is 0 Å². The van der Waals surface area contributed by atoms with E-state index >= 15 is 0 Å². The van der Waals surface area contributed by atoms with Crippen molar-refractivity contribution in [3.8, 4) is 5.75 Å². The number of carbonyl (C=O) groups is 7. The van der Waals surface area contributed by atoms with Gasteiger partial charge in [-0.1, -0.05) is 30.0 Å². The molecule has 0 saturated heterocycles. The fraction of sp³-hybridized carbons (Fsp3) is 0.0426. The van der Waals surface area contributed by atoms with Crippen molar-refractivity contribution >= 4 is 104 Å². The standard InChI is InChI=1S/C47H33N13O11.3Na/c48-26-5-1-4-25(20-26)42(63)50-30-6-2-8-33(21-30)59-44(65)38(40(57-59)47(70)71)56-54-31-7-3-9-34(22-31)60-43(64)37(39(58-60)46(68)69)55-52-28-12-10-24(11-13-28)41(62)49-27-14-16-29(17-15-27)51-53-32-18-19-36(61)35(23-32)45(66)67;;;/h1-23,37-38,61H,48H2,(H,49,62)(H,50,63)(H,66,67)(H,68,69)(H,70,71);;;/q;3*+1/p-3. The first-order chi connectivity index (χ1) is 34.1. The third-order valence-corrected chi connectivity index (χ3v) is 10.1.